The van der Waals surface area contributed by atoms with E-state index in [9.17, 15) is 4.79 Å². The smallest absolute Gasteiger partial charge is 0.223 e. The number of amides is 1. The Morgan fingerprint density at radius 2 is 2.23 bits per heavy atom. The zero-order valence-electron chi connectivity index (χ0n) is 13.3. The number of hydrogen-bond donors (Lipinski definition) is 1. The van der Waals surface area contributed by atoms with E-state index in [1.54, 1.807) is 13.3 Å². The molecule has 1 N–H and O–H groups in total. The summed E-state index contributed by atoms with van der Waals surface area (Å²) < 4.78 is 7.27. The molecule has 1 fully saturated rings. The number of carbonyl (C=O) groups is 1. The Bertz CT molecular complexity index is 672. The van der Waals surface area contributed by atoms with Gasteiger partial charge in [-0.15, -0.1) is 0 Å². The molecule has 0 spiro atoms. The molecule has 0 radical (unpaired) electrons. The van der Waals surface area contributed by atoms with Crippen LogP contribution in [0, 0.1) is 5.92 Å². The van der Waals surface area contributed by atoms with Gasteiger partial charge in [0.2, 0.25) is 5.91 Å². The number of nitrogens with one attached hydrogen (secondary N) is 1. The minimum atomic E-state index is 0.216. The summed E-state index contributed by atoms with van der Waals surface area (Å²) in [6.07, 6.45) is 9.08. The summed E-state index contributed by atoms with van der Waals surface area (Å²) in [7, 11) is 3.63. The Balaban J connectivity index is 1.67. The number of aromatic nitrogens is 2. The maximum absolute atomic E-state index is 12.1. The van der Waals surface area contributed by atoms with Crippen LogP contribution in [0.2, 0.25) is 0 Å². The topological polar surface area (TPSA) is 56.1 Å². The van der Waals surface area contributed by atoms with Crippen LogP contribution < -0.4 is 10.1 Å². The first-order valence-corrected chi connectivity index (χ1v) is 7.94. The van der Waals surface area contributed by atoms with Crippen LogP contribution in [0.4, 0.5) is 0 Å². The zero-order chi connectivity index (χ0) is 15.5. The molecule has 0 bridgehead atoms. The van der Waals surface area contributed by atoms with Gasteiger partial charge in [-0.1, -0.05) is 12.8 Å². The van der Waals surface area contributed by atoms with Crippen molar-refractivity contribution in [2.75, 3.05) is 13.7 Å². The molecule has 0 aliphatic heterocycles. The normalized spacial score (nSPS) is 15.4. The van der Waals surface area contributed by atoms with Gasteiger partial charge in [0.05, 0.1) is 13.3 Å². The van der Waals surface area contributed by atoms with Gasteiger partial charge < -0.3 is 14.6 Å². The van der Waals surface area contributed by atoms with E-state index in [0.717, 1.165) is 36.0 Å². The van der Waals surface area contributed by atoms with Crippen molar-refractivity contribution in [1.82, 2.24) is 14.9 Å². The molecule has 1 aliphatic carbocycles. The first kappa shape index (κ1) is 14.9. The maximum atomic E-state index is 12.1. The standard InChI is InChI=1S/C17H23N3O2/c1-20-11-13(15-9-14(22-2)10-19-16(15)20)7-8-18-17(21)12-5-3-4-6-12/h9-12H,3-8H2,1-2H3,(H,18,21). The molecule has 1 saturated carbocycles. The lowest BCUT2D eigenvalue weighted by atomic mass is 10.1. The lowest BCUT2D eigenvalue weighted by Gasteiger charge is -2.09. The summed E-state index contributed by atoms with van der Waals surface area (Å²) in [5.41, 5.74) is 2.13. The molecule has 0 atom stereocenters. The van der Waals surface area contributed by atoms with Crippen molar-refractivity contribution in [3.63, 3.8) is 0 Å². The molecule has 3 rings (SSSR count). The highest BCUT2D eigenvalue weighted by Crippen LogP contribution is 2.25. The Kier molecular flexibility index (Phi) is 4.32. The van der Waals surface area contributed by atoms with Crippen molar-refractivity contribution >= 4 is 16.9 Å². The molecule has 22 heavy (non-hydrogen) atoms. The van der Waals surface area contributed by atoms with E-state index in [1.165, 1.54) is 18.4 Å². The molecule has 0 aromatic carbocycles. The minimum absolute atomic E-state index is 0.216. The first-order chi connectivity index (χ1) is 10.7. The third-order valence-electron chi connectivity index (χ3n) is 4.53. The molecule has 2 aromatic heterocycles. The summed E-state index contributed by atoms with van der Waals surface area (Å²) in [5.74, 6) is 1.21. The predicted molar refractivity (Wildman–Crippen MR) is 85.9 cm³/mol. The molecule has 5 heteroatoms. The summed E-state index contributed by atoms with van der Waals surface area (Å²) in [6.45, 7) is 0.672. The van der Waals surface area contributed by atoms with Crippen LogP contribution >= 0.6 is 0 Å². The fraction of sp³-hybridized carbons (Fsp3) is 0.529. The third-order valence-corrected chi connectivity index (χ3v) is 4.53. The number of hydrogen-bond acceptors (Lipinski definition) is 3. The van der Waals surface area contributed by atoms with Crippen molar-refractivity contribution < 1.29 is 9.53 Å². The second-order valence-electron chi connectivity index (χ2n) is 6.03. The SMILES string of the molecule is COc1cnc2c(c1)c(CCNC(=O)C1CCCC1)cn2C. The first-order valence-electron chi connectivity index (χ1n) is 7.94. The quantitative estimate of drug-likeness (QED) is 0.923. The number of pyridine rings is 1. The Morgan fingerprint density at radius 3 is 2.95 bits per heavy atom. The van der Waals surface area contributed by atoms with Gasteiger partial charge in [-0.3, -0.25) is 4.79 Å². The molecular formula is C17H23N3O2. The van der Waals surface area contributed by atoms with Crippen LogP contribution in [0.1, 0.15) is 31.2 Å². The van der Waals surface area contributed by atoms with Gasteiger partial charge in [0.1, 0.15) is 11.4 Å². The number of carbonyl (C=O) groups excluding carboxylic acids is 1. The molecule has 0 unspecified atom stereocenters. The fourth-order valence-corrected chi connectivity index (χ4v) is 3.28. The van der Waals surface area contributed by atoms with Gasteiger partial charge >= 0.3 is 0 Å². The van der Waals surface area contributed by atoms with Crippen LogP contribution in [0.5, 0.6) is 5.75 Å². The molecular weight excluding hydrogens is 278 g/mol. The van der Waals surface area contributed by atoms with E-state index >= 15 is 0 Å². The van der Waals surface area contributed by atoms with Crippen molar-refractivity contribution in [3.05, 3.63) is 24.0 Å². The highest BCUT2D eigenvalue weighted by Gasteiger charge is 2.22. The monoisotopic (exact) mass is 301 g/mol. The van der Waals surface area contributed by atoms with Gasteiger partial charge in [-0.05, 0) is 30.9 Å². The van der Waals surface area contributed by atoms with E-state index in [1.807, 2.05) is 17.7 Å². The third kappa shape index (κ3) is 2.93. The zero-order valence-corrected chi connectivity index (χ0v) is 13.3. The second kappa shape index (κ2) is 6.38. The molecule has 2 heterocycles. The average molecular weight is 301 g/mol. The largest absolute Gasteiger partial charge is 0.495 e. The van der Waals surface area contributed by atoms with E-state index in [0.29, 0.717) is 6.54 Å². The van der Waals surface area contributed by atoms with Crippen molar-refractivity contribution in [2.45, 2.75) is 32.1 Å². The van der Waals surface area contributed by atoms with Gasteiger partial charge in [0.25, 0.3) is 0 Å². The number of fused-ring (bicyclic) bond motifs is 1. The van der Waals surface area contributed by atoms with Crippen LogP contribution in [0.3, 0.4) is 0 Å². The Morgan fingerprint density at radius 1 is 1.45 bits per heavy atom. The highest BCUT2D eigenvalue weighted by molar-refractivity contribution is 5.82. The number of ether oxygens (including phenoxy) is 1. The van der Waals surface area contributed by atoms with Gasteiger partial charge in [0.15, 0.2) is 0 Å². The summed E-state index contributed by atoms with van der Waals surface area (Å²) in [6, 6.07) is 2.01. The fourth-order valence-electron chi connectivity index (χ4n) is 3.28. The second-order valence-corrected chi connectivity index (χ2v) is 6.03. The molecule has 1 aliphatic rings. The van der Waals surface area contributed by atoms with Gasteiger partial charge in [0, 0.05) is 31.1 Å². The number of nitrogens with zero attached hydrogens (tertiary/aromatic N) is 2. The van der Waals surface area contributed by atoms with Crippen molar-refractivity contribution in [3.8, 4) is 5.75 Å². The maximum Gasteiger partial charge on any atom is 0.223 e. The molecule has 0 saturated heterocycles. The van der Waals surface area contributed by atoms with E-state index in [2.05, 4.69) is 16.5 Å². The predicted octanol–water partition coefficient (Wildman–Crippen LogP) is 2.43. The molecule has 1 amide bonds. The Labute approximate surface area is 130 Å². The number of aryl methyl sites for hydroxylation is 1. The van der Waals surface area contributed by atoms with Crippen LogP contribution in [-0.2, 0) is 18.3 Å². The lowest BCUT2D eigenvalue weighted by molar-refractivity contribution is -0.124. The van der Waals surface area contributed by atoms with E-state index in [4.69, 9.17) is 4.74 Å². The van der Waals surface area contributed by atoms with Gasteiger partial charge in [-0.25, -0.2) is 4.98 Å². The van der Waals surface area contributed by atoms with E-state index in [-0.39, 0.29) is 11.8 Å². The van der Waals surface area contributed by atoms with Crippen molar-refractivity contribution in [1.29, 1.82) is 0 Å². The van der Waals surface area contributed by atoms with Crippen LogP contribution in [-0.4, -0.2) is 29.1 Å². The summed E-state index contributed by atoms with van der Waals surface area (Å²) in [4.78, 5) is 16.5. The number of methoxy groups -OCH3 is 1. The average Bonchev–Trinajstić information content (AvgIpc) is 3.16. The lowest BCUT2D eigenvalue weighted by Crippen LogP contribution is -2.30. The molecule has 2 aromatic rings. The minimum Gasteiger partial charge on any atom is -0.495 e. The van der Waals surface area contributed by atoms with E-state index < -0.39 is 0 Å². The molecule has 118 valence electrons. The Hall–Kier alpha value is -2.04. The molecule has 5 nitrogen and oxygen atoms in total. The van der Waals surface area contributed by atoms with Gasteiger partial charge in [-0.2, -0.15) is 0 Å². The van der Waals surface area contributed by atoms with Crippen LogP contribution in [0.15, 0.2) is 18.5 Å². The number of rotatable bonds is 5. The highest BCUT2D eigenvalue weighted by atomic mass is 16.5. The van der Waals surface area contributed by atoms with Crippen LogP contribution in [0.25, 0.3) is 11.0 Å². The van der Waals surface area contributed by atoms with Crippen molar-refractivity contribution in [2.24, 2.45) is 13.0 Å². The summed E-state index contributed by atoms with van der Waals surface area (Å²) in [5, 5.41) is 4.17. The summed E-state index contributed by atoms with van der Waals surface area (Å²) >= 11 is 0.